The van der Waals surface area contributed by atoms with Crippen molar-refractivity contribution >= 4 is 0 Å². The molecule has 0 amide bonds. The molecule has 0 bridgehead atoms. The lowest BCUT2D eigenvalue weighted by Gasteiger charge is -2.08. The van der Waals surface area contributed by atoms with E-state index in [1.807, 2.05) is 37.3 Å². The zero-order valence-corrected chi connectivity index (χ0v) is 11.6. The van der Waals surface area contributed by atoms with Gasteiger partial charge < -0.3 is 10.3 Å². The Hall–Kier alpha value is -2.60. The molecule has 0 aliphatic heterocycles. The molecule has 3 aromatic rings. The lowest BCUT2D eigenvalue weighted by atomic mass is 10.1. The zero-order valence-electron chi connectivity index (χ0n) is 11.6. The summed E-state index contributed by atoms with van der Waals surface area (Å²) in [5.74, 6) is 1.31. The molecular formula is C15H15N5O. The van der Waals surface area contributed by atoms with Crippen LogP contribution in [0.2, 0.25) is 0 Å². The van der Waals surface area contributed by atoms with Crippen LogP contribution >= 0.6 is 0 Å². The highest BCUT2D eigenvalue weighted by molar-refractivity contribution is 5.41. The van der Waals surface area contributed by atoms with Crippen molar-refractivity contribution in [2.24, 2.45) is 5.73 Å². The molecule has 2 N–H and O–H groups in total. The van der Waals surface area contributed by atoms with E-state index < -0.39 is 0 Å². The molecule has 21 heavy (non-hydrogen) atoms. The average molecular weight is 281 g/mol. The topological polar surface area (TPSA) is 90.7 Å². The van der Waals surface area contributed by atoms with Gasteiger partial charge in [0.05, 0.1) is 0 Å². The molecule has 0 spiro atoms. The standard InChI is InChI=1S/C15H15N5O/c1-10-8-17-14(18-9-10)15-19-13(21-20-15)7-12(16)11-5-3-2-4-6-11/h2-6,8-9,12H,7,16H2,1H3. The van der Waals surface area contributed by atoms with Gasteiger partial charge in [0.1, 0.15) is 0 Å². The largest absolute Gasteiger partial charge is 0.339 e. The summed E-state index contributed by atoms with van der Waals surface area (Å²) in [6.07, 6.45) is 3.91. The summed E-state index contributed by atoms with van der Waals surface area (Å²) in [5.41, 5.74) is 8.15. The van der Waals surface area contributed by atoms with Crippen molar-refractivity contribution in [3.8, 4) is 11.6 Å². The molecule has 1 atom stereocenters. The number of benzene rings is 1. The Morgan fingerprint density at radius 1 is 1.10 bits per heavy atom. The Kier molecular flexibility index (Phi) is 3.70. The first-order chi connectivity index (χ1) is 10.2. The molecule has 6 heteroatoms. The summed E-state index contributed by atoms with van der Waals surface area (Å²) in [6, 6.07) is 9.63. The lowest BCUT2D eigenvalue weighted by molar-refractivity contribution is 0.370. The molecule has 106 valence electrons. The highest BCUT2D eigenvalue weighted by Gasteiger charge is 2.14. The fraction of sp³-hybridized carbons (Fsp3) is 0.200. The molecule has 1 unspecified atom stereocenters. The number of nitrogens with two attached hydrogens (primary N) is 1. The van der Waals surface area contributed by atoms with E-state index in [0.29, 0.717) is 24.0 Å². The number of hydrogen-bond acceptors (Lipinski definition) is 6. The van der Waals surface area contributed by atoms with Crippen LogP contribution in [0.1, 0.15) is 23.1 Å². The fourth-order valence-corrected chi connectivity index (χ4v) is 1.94. The van der Waals surface area contributed by atoms with Gasteiger partial charge in [-0.2, -0.15) is 4.98 Å². The van der Waals surface area contributed by atoms with Gasteiger partial charge in [0, 0.05) is 24.9 Å². The maximum absolute atomic E-state index is 6.14. The van der Waals surface area contributed by atoms with Crippen LogP contribution in [-0.4, -0.2) is 20.1 Å². The first-order valence-corrected chi connectivity index (χ1v) is 6.64. The first kappa shape index (κ1) is 13.4. The van der Waals surface area contributed by atoms with E-state index in [4.69, 9.17) is 10.3 Å². The first-order valence-electron chi connectivity index (χ1n) is 6.64. The highest BCUT2D eigenvalue weighted by atomic mass is 16.5. The quantitative estimate of drug-likeness (QED) is 0.787. The van der Waals surface area contributed by atoms with E-state index in [0.717, 1.165) is 11.1 Å². The van der Waals surface area contributed by atoms with Crippen molar-refractivity contribution in [3.05, 3.63) is 59.7 Å². The minimum absolute atomic E-state index is 0.182. The van der Waals surface area contributed by atoms with Crippen LogP contribution in [0.3, 0.4) is 0 Å². The summed E-state index contributed by atoms with van der Waals surface area (Å²) >= 11 is 0. The van der Waals surface area contributed by atoms with E-state index in [-0.39, 0.29) is 6.04 Å². The summed E-state index contributed by atoms with van der Waals surface area (Å²) in [6.45, 7) is 1.92. The minimum Gasteiger partial charge on any atom is -0.339 e. The van der Waals surface area contributed by atoms with Crippen LogP contribution in [0.25, 0.3) is 11.6 Å². The third-order valence-corrected chi connectivity index (χ3v) is 3.07. The normalized spacial score (nSPS) is 12.3. The van der Waals surface area contributed by atoms with Gasteiger partial charge in [-0.05, 0) is 18.1 Å². The number of aromatic nitrogens is 4. The van der Waals surface area contributed by atoms with Crippen LogP contribution in [0.5, 0.6) is 0 Å². The Bertz CT molecular complexity index is 708. The van der Waals surface area contributed by atoms with Gasteiger partial charge in [0.25, 0.3) is 0 Å². The lowest BCUT2D eigenvalue weighted by Crippen LogP contribution is -2.13. The summed E-state index contributed by atoms with van der Waals surface area (Å²) in [4.78, 5) is 12.6. The third kappa shape index (κ3) is 3.11. The monoisotopic (exact) mass is 281 g/mol. The number of nitrogens with zero attached hydrogens (tertiary/aromatic N) is 4. The van der Waals surface area contributed by atoms with E-state index in [1.54, 1.807) is 12.4 Å². The molecule has 0 fully saturated rings. The maximum atomic E-state index is 6.14. The molecule has 2 aromatic heterocycles. The second kappa shape index (κ2) is 5.80. The van der Waals surface area contributed by atoms with Crippen LogP contribution in [0.15, 0.2) is 47.2 Å². The van der Waals surface area contributed by atoms with Crippen molar-refractivity contribution in [2.45, 2.75) is 19.4 Å². The predicted octanol–water partition coefficient (Wildman–Crippen LogP) is 2.08. The summed E-state index contributed by atoms with van der Waals surface area (Å²) in [7, 11) is 0. The highest BCUT2D eigenvalue weighted by Crippen LogP contribution is 2.16. The van der Waals surface area contributed by atoms with Crippen LogP contribution < -0.4 is 5.73 Å². The van der Waals surface area contributed by atoms with E-state index >= 15 is 0 Å². The van der Waals surface area contributed by atoms with Crippen molar-refractivity contribution in [2.75, 3.05) is 0 Å². The second-order valence-electron chi connectivity index (χ2n) is 4.82. The Morgan fingerprint density at radius 2 is 1.81 bits per heavy atom. The molecule has 1 aromatic carbocycles. The summed E-state index contributed by atoms with van der Waals surface area (Å²) < 4.78 is 5.22. The van der Waals surface area contributed by atoms with Gasteiger partial charge in [-0.1, -0.05) is 35.5 Å². The minimum atomic E-state index is -0.182. The van der Waals surface area contributed by atoms with Crippen molar-refractivity contribution in [1.82, 2.24) is 20.1 Å². The van der Waals surface area contributed by atoms with Gasteiger partial charge in [-0.3, -0.25) is 0 Å². The fourth-order valence-electron chi connectivity index (χ4n) is 1.94. The number of rotatable bonds is 4. The van der Waals surface area contributed by atoms with Crippen LogP contribution in [0.4, 0.5) is 0 Å². The van der Waals surface area contributed by atoms with Crippen molar-refractivity contribution < 1.29 is 4.52 Å². The molecule has 3 rings (SSSR count). The van der Waals surface area contributed by atoms with E-state index in [9.17, 15) is 0 Å². The molecule has 0 aliphatic rings. The zero-order chi connectivity index (χ0) is 14.7. The van der Waals surface area contributed by atoms with Crippen molar-refractivity contribution in [3.63, 3.8) is 0 Å². The van der Waals surface area contributed by atoms with Crippen LogP contribution in [-0.2, 0) is 6.42 Å². The smallest absolute Gasteiger partial charge is 0.240 e. The van der Waals surface area contributed by atoms with E-state index in [2.05, 4.69) is 20.1 Å². The Labute approximate surface area is 122 Å². The van der Waals surface area contributed by atoms with E-state index in [1.165, 1.54) is 0 Å². The van der Waals surface area contributed by atoms with Gasteiger partial charge in [0.15, 0.2) is 0 Å². The molecule has 0 saturated heterocycles. The second-order valence-corrected chi connectivity index (χ2v) is 4.82. The SMILES string of the molecule is Cc1cnc(-c2noc(CC(N)c3ccccc3)n2)nc1. The molecule has 2 heterocycles. The number of aryl methyl sites for hydroxylation is 1. The Balaban J connectivity index is 1.75. The molecular weight excluding hydrogens is 266 g/mol. The Morgan fingerprint density at radius 3 is 2.52 bits per heavy atom. The van der Waals surface area contributed by atoms with Gasteiger partial charge in [-0.15, -0.1) is 0 Å². The van der Waals surface area contributed by atoms with Gasteiger partial charge in [0.2, 0.25) is 17.5 Å². The molecule has 0 radical (unpaired) electrons. The van der Waals surface area contributed by atoms with Crippen LogP contribution in [0, 0.1) is 6.92 Å². The van der Waals surface area contributed by atoms with Crippen molar-refractivity contribution in [1.29, 1.82) is 0 Å². The third-order valence-electron chi connectivity index (χ3n) is 3.07. The van der Waals surface area contributed by atoms with Gasteiger partial charge in [-0.25, -0.2) is 9.97 Å². The maximum Gasteiger partial charge on any atom is 0.240 e. The molecule has 0 aliphatic carbocycles. The average Bonchev–Trinajstić information content (AvgIpc) is 2.97. The summed E-state index contributed by atoms with van der Waals surface area (Å²) in [5, 5.41) is 3.90. The number of hydrogen-bond donors (Lipinski definition) is 1. The molecule has 6 nitrogen and oxygen atoms in total. The predicted molar refractivity (Wildman–Crippen MR) is 77.1 cm³/mol. The van der Waals surface area contributed by atoms with Gasteiger partial charge >= 0.3 is 0 Å². The molecule has 0 saturated carbocycles.